The summed E-state index contributed by atoms with van der Waals surface area (Å²) in [4.78, 5) is 12.7. The molecule has 2 atom stereocenters. The summed E-state index contributed by atoms with van der Waals surface area (Å²) < 4.78 is 5.43. The molecule has 0 aromatic heterocycles. The number of allylic oxidation sites excluding steroid dienone is 1. The molecule has 29 heavy (non-hydrogen) atoms. The second kappa shape index (κ2) is 8.63. The number of benzene rings is 3. The summed E-state index contributed by atoms with van der Waals surface area (Å²) in [5.41, 5.74) is 5.17. The fourth-order valence-corrected chi connectivity index (χ4v) is 3.66. The first-order valence-corrected chi connectivity index (χ1v) is 9.79. The molecule has 4 rings (SSSR count). The van der Waals surface area contributed by atoms with Crippen molar-refractivity contribution in [3.05, 3.63) is 119 Å². The van der Waals surface area contributed by atoms with Crippen molar-refractivity contribution in [2.75, 3.05) is 0 Å². The molecule has 0 bridgehead atoms. The molecule has 0 amide bonds. The zero-order valence-electron chi connectivity index (χ0n) is 16.3. The molecule has 1 heterocycles. The van der Waals surface area contributed by atoms with E-state index in [2.05, 4.69) is 30.9 Å². The number of rotatable bonds is 3. The van der Waals surface area contributed by atoms with Gasteiger partial charge in [0.15, 0.2) is 0 Å². The Balaban J connectivity index is 1.71. The van der Waals surface area contributed by atoms with Crippen LogP contribution in [0.15, 0.2) is 96.8 Å². The number of hydrogen-bond acceptors (Lipinski definition) is 2. The van der Waals surface area contributed by atoms with Crippen molar-refractivity contribution in [3.63, 3.8) is 0 Å². The van der Waals surface area contributed by atoms with Crippen molar-refractivity contribution in [2.45, 2.75) is 19.3 Å². The maximum atomic E-state index is 12.7. The molecule has 2 heteroatoms. The third kappa shape index (κ3) is 4.47. The number of hydrogen-bond donors (Lipinski definition) is 0. The number of esters is 1. The van der Waals surface area contributed by atoms with Crippen molar-refractivity contribution >= 4 is 5.97 Å². The van der Waals surface area contributed by atoms with Crippen LogP contribution in [-0.4, -0.2) is 5.97 Å². The van der Waals surface area contributed by atoms with Gasteiger partial charge in [0.1, 0.15) is 6.26 Å². The van der Waals surface area contributed by atoms with Gasteiger partial charge in [-0.25, -0.2) is 0 Å². The Morgan fingerprint density at radius 3 is 2.17 bits per heavy atom. The molecule has 3 aromatic rings. The van der Waals surface area contributed by atoms with E-state index in [4.69, 9.17) is 4.74 Å². The van der Waals surface area contributed by atoms with E-state index < -0.39 is 0 Å². The van der Waals surface area contributed by atoms with Crippen molar-refractivity contribution < 1.29 is 9.53 Å². The maximum Gasteiger partial charge on any atom is 0.315 e. The van der Waals surface area contributed by atoms with Crippen LogP contribution >= 0.6 is 0 Å². The Labute approximate surface area is 171 Å². The first-order chi connectivity index (χ1) is 14.2. The van der Waals surface area contributed by atoms with Crippen molar-refractivity contribution in [2.24, 2.45) is 5.92 Å². The lowest BCUT2D eigenvalue weighted by atomic mass is 9.77. The van der Waals surface area contributed by atoms with E-state index in [0.717, 1.165) is 22.3 Å². The van der Waals surface area contributed by atoms with Crippen LogP contribution in [0.25, 0.3) is 0 Å². The van der Waals surface area contributed by atoms with Gasteiger partial charge in [-0.3, -0.25) is 4.79 Å². The maximum absolute atomic E-state index is 12.7. The fraction of sp³-hybridized carbons (Fsp3) is 0.148. The Morgan fingerprint density at radius 2 is 1.48 bits per heavy atom. The van der Waals surface area contributed by atoms with Crippen molar-refractivity contribution in [1.29, 1.82) is 0 Å². The van der Waals surface area contributed by atoms with Gasteiger partial charge in [0.05, 0.1) is 5.92 Å². The predicted octanol–water partition coefficient (Wildman–Crippen LogP) is 5.43. The second-order valence-electron chi connectivity index (χ2n) is 7.31. The Morgan fingerprint density at radius 1 is 0.828 bits per heavy atom. The Bertz CT molecular complexity index is 1070. The molecule has 0 unspecified atom stereocenters. The number of ether oxygens (including phenoxy) is 1. The number of cyclic esters (lactones) is 1. The second-order valence-corrected chi connectivity index (χ2v) is 7.31. The van der Waals surface area contributed by atoms with Crippen LogP contribution in [0.2, 0.25) is 0 Å². The van der Waals surface area contributed by atoms with Gasteiger partial charge in [-0.1, -0.05) is 90.2 Å². The highest BCUT2D eigenvalue weighted by Gasteiger charge is 2.36. The van der Waals surface area contributed by atoms with Crippen molar-refractivity contribution in [3.8, 4) is 11.8 Å². The first kappa shape index (κ1) is 18.8. The van der Waals surface area contributed by atoms with Crippen LogP contribution in [0.5, 0.6) is 0 Å². The van der Waals surface area contributed by atoms with Gasteiger partial charge < -0.3 is 4.74 Å². The van der Waals surface area contributed by atoms with Crippen LogP contribution in [-0.2, 0) is 16.0 Å². The average molecular weight is 378 g/mol. The van der Waals surface area contributed by atoms with Gasteiger partial charge in [-0.05, 0) is 36.6 Å². The Kier molecular flexibility index (Phi) is 5.59. The molecular formula is C27H22O2. The summed E-state index contributed by atoms with van der Waals surface area (Å²) in [5.74, 6) is 5.86. The molecule has 0 saturated carbocycles. The van der Waals surface area contributed by atoms with Gasteiger partial charge in [-0.15, -0.1) is 0 Å². The lowest BCUT2D eigenvalue weighted by Crippen LogP contribution is -2.30. The van der Waals surface area contributed by atoms with Crippen LogP contribution in [0, 0.1) is 24.7 Å². The first-order valence-electron chi connectivity index (χ1n) is 9.79. The van der Waals surface area contributed by atoms with E-state index in [1.165, 1.54) is 11.8 Å². The number of aryl methyl sites for hydroxylation is 1. The predicted molar refractivity (Wildman–Crippen MR) is 115 cm³/mol. The minimum Gasteiger partial charge on any atom is -0.433 e. The van der Waals surface area contributed by atoms with Gasteiger partial charge in [-0.2, -0.15) is 0 Å². The standard InChI is InChI=1S/C27H22O2/c1-20-12-14-21(15-13-20)16-17-24-19-29-27(28)25(18-22-8-4-2-5-9-22)26(24)23-10-6-3-7-11-23/h2-15,19,25-26H,18H2,1H3/t25-,26+/m0/s1. The number of carbonyl (C=O) groups is 1. The fourth-order valence-electron chi connectivity index (χ4n) is 3.66. The van der Waals surface area contributed by atoms with E-state index in [-0.39, 0.29) is 17.8 Å². The molecule has 0 saturated heterocycles. The van der Waals surface area contributed by atoms with Crippen molar-refractivity contribution in [1.82, 2.24) is 0 Å². The van der Waals surface area contributed by atoms with E-state index in [1.807, 2.05) is 72.8 Å². The molecule has 3 aromatic carbocycles. The van der Waals surface area contributed by atoms with Crippen LogP contribution < -0.4 is 0 Å². The lowest BCUT2D eigenvalue weighted by Gasteiger charge is -2.29. The molecule has 0 spiro atoms. The normalized spacial score (nSPS) is 18.2. The van der Waals surface area contributed by atoms with E-state index >= 15 is 0 Å². The van der Waals surface area contributed by atoms with E-state index in [9.17, 15) is 4.79 Å². The summed E-state index contributed by atoms with van der Waals surface area (Å²) in [5, 5.41) is 0. The topological polar surface area (TPSA) is 26.3 Å². The zero-order chi connectivity index (χ0) is 20.1. The molecule has 2 nitrogen and oxygen atoms in total. The van der Waals surface area contributed by atoms with E-state index in [1.54, 1.807) is 0 Å². The third-order valence-electron chi connectivity index (χ3n) is 5.20. The SMILES string of the molecule is Cc1ccc(C#CC2=COC(=O)[C@@H](Cc3ccccc3)[C@@H]2c2ccccc2)cc1. The lowest BCUT2D eigenvalue weighted by molar-refractivity contribution is -0.144. The number of carbonyl (C=O) groups excluding carboxylic acids is 1. The summed E-state index contributed by atoms with van der Waals surface area (Å²) >= 11 is 0. The summed E-state index contributed by atoms with van der Waals surface area (Å²) in [6, 6.07) is 28.3. The minimum atomic E-state index is -0.313. The average Bonchev–Trinajstić information content (AvgIpc) is 2.76. The quantitative estimate of drug-likeness (QED) is 0.449. The smallest absolute Gasteiger partial charge is 0.315 e. The summed E-state index contributed by atoms with van der Waals surface area (Å²) in [6.07, 6.45) is 2.14. The highest BCUT2D eigenvalue weighted by molar-refractivity contribution is 5.78. The molecular weight excluding hydrogens is 356 g/mol. The van der Waals surface area contributed by atoms with Gasteiger partial charge >= 0.3 is 5.97 Å². The highest BCUT2D eigenvalue weighted by atomic mass is 16.5. The monoisotopic (exact) mass is 378 g/mol. The third-order valence-corrected chi connectivity index (χ3v) is 5.20. The Hall–Kier alpha value is -3.57. The molecule has 0 N–H and O–H groups in total. The molecule has 0 radical (unpaired) electrons. The zero-order valence-corrected chi connectivity index (χ0v) is 16.3. The minimum absolute atomic E-state index is 0.129. The highest BCUT2D eigenvalue weighted by Crippen LogP contribution is 2.38. The van der Waals surface area contributed by atoms with Crippen LogP contribution in [0.1, 0.15) is 28.2 Å². The van der Waals surface area contributed by atoms with Crippen LogP contribution in [0.4, 0.5) is 0 Å². The molecule has 1 aliphatic heterocycles. The van der Waals surface area contributed by atoms with Gasteiger partial charge in [0.25, 0.3) is 0 Å². The molecule has 0 fully saturated rings. The summed E-state index contributed by atoms with van der Waals surface area (Å²) in [6.45, 7) is 2.06. The van der Waals surface area contributed by atoms with Gasteiger partial charge in [0, 0.05) is 17.1 Å². The summed E-state index contributed by atoms with van der Waals surface area (Å²) in [7, 11) is 0. The molecule has 1 aliphatic rings. The van der Waals surface area contributed by atoms with Crippen LogP contribution in [0.3, 0.4) is 0 Å². The van der Waals surface area contributed by atoms with E-state index in [0.29, 0.717) is 6.42 Å². The van der Waals surface area contributed by atoms with Gasteiger partial charge in [0.2, 0.25) is 0 Å². The molecule has 0 aliphatic carbocycles. The molecule has 142 valence electrons. The largest absolute Gasteiger partial charge is 0.433 e.